The first-order chi connectivity index (χ1) is 24.2. The summed E-state index contributed by atoms with van der Waals surface area (Å²) >= 11 is 0. The number of nitriles is 1. The number of hydrogen-bond acceptors (Lipinski definition) is 10. The molecule has 1 aromatic heterocycles. The number of aryl methyl sites for hydroxylation is 1. The second-order valence-corrected chi connectivity index (χ2v) is 16.9. The molecular weight excluding hydrogens is 676 g/mol. The zero-order valence-corrected chi connectivity index (χ0v) is 29.8. The molecule has 3 fully saturated rings. The Bertz CT molecular complexity index is 1900. The summed E-state index contributed by atoms with van der Waals surface area (Å²) in [6, 6.07) is 6.05. The summed E-state index contributed by atoms with van der Waals surface area (Å²) < 4.78 is 39.4. The fourth-order valence-corrected chi connectivity index (χ4v) is 8.31. The van der Waals surface area contributed by atoms with Crippen molar-refractivity contribution < 1.29 is 37.1 Å². The highest BCUT2D eigenvalue weighted by Gasteiger charge is 2.62. The SMILES string of the molecule is C=C[C@@H]1C[C@]1(NC(=O)[C@@H]1C[C@H]2Oc3nccc4ccc(cc34)CCCCCOC(=O)N[C@@H](C(C)(C)C)C(=O)N1C2C#N)C(=O)NS(=O)(=O)C1CC1. The standard InChI is InChI=1S/C36H44N6O8S/c1-5-23-19-36(23,33(45)41-51(47,48)24-12-13-24)40-30(43)26-18-28-27(20-37)42(26)32(44)29(35(2,3)4)39-34(46)49-16-8-6-7-9-21-10-11-22-14-15-38-31(50-28)25(22)17-21/h5,10-11,14-15,17,23-24,26-29H,1,6-9,12-13,16,18-19H2,2-4H3,(H,39,46)(H,40,43)(H,41,45)/t23-,26+,27?,28-,29-,36-/m1/s1. The molecule has 6 atom stereocenters. The van der Waals surface area contributed by atoms with Crippen LogP contribution in [-0.4, -0.2) is 83.7 Å². The lowest BCUT2D eigenvalue weighted by Gasteiger charge is -2.36. The quantitative estimate of drug-likeness (QED) is 0.373. The minimum atomic E-state index is -3.93. The van der Waals surface area contributed by atoms with Crippen LogP contribution in [0.1, 0.15) is 71.3 Å². The van der Waals surface area contributed by atoms with Gasteiger partial charge in [-0.25, -0.2) is 18.2 Å². The molecule has 4 bridgehead atoms. The lowest BCUT2D eigenvalue weighted by Crippen LogP contribution is -2.61. The van der Waals surface area contributed by atoms with Gasteiger partial charge in [0.25, 0.3) is 5.91 Å². The van der Waals surface area contributed by atoms with Crippen molar-refractivity contribution >= 4 is 44.6 Å². The van der Waals surface area contributed by atoms with Gasteiger partial charge in [0.1, 0.15) is 23.7 Å². The van der Waals surface area contributed by atoms with Crippen molar-refractivity contribution in [3.05, 3.63) is 48.7 Å². The summed E-state index contributed by atoms with van der Waals surface area (Å²) in [6.45, 7) is 9.09. The normalized spacial score (nSPS) is 28.7. The third-order valence-electron chi connectivity index (χ3n) is 10.2. The number of benzene rings is 1. The van der Waals surface area contributed by atoms with Crippen LogP contribution in [0.25, 0.3) is 10.8 Å². The summed E-state index contributed by atoms with van der Waals surface area (Å²) in [5.41, 5.74) is -1.48. The van der Waals surface area contributed by atoms with Gasteiger partial charge in [-0.3, -0.25) is 19.1 Å². The number of nitrogens with zero attached hydrogens (tertiary/aromatic N) is 3. The predicted octanol–water partition coefficient (Wildman–Crippen LogP) is 3.01. The Morgan fingerprint density at radius 1 is 1.18 bits per heavy atom. The molecule has 3 N–H and O–H groups in total. The van der Waals surface area contributed by atoms with Crippen molar-refractivity contribution in [3.8, 4) is 11.9 Å². The average Bonchev–Trinajstić information content (AvgIpc) is 4.01. The van der Waals surface area contributed by atoms with E-state index in [-0.39, 0.29) is 25.3 Å². The van der Waals surface area contributed by atoms with Crippen LogP contribution in [0.4, 0.5) is 4.79 Å². The van der Waals surface area contributed by atoms with Gasteiger partial charge in [-0.05, 0) is 73.4 Å². The molecule has 14 nitrogen and oxygen atoms in total. The van der Waals surface area contributed by atoms with Crippen molar-refractivity contribution in [2.45, 2.75) is 107 Å². The molecule has 0 spiro atoms. The summed E-state index contributed by atoms with van der Waals surface area (Å²) in [4.78, 5) is 61.0. The van der Waals surface area contributed by atoms with Crippen LogP contribution >= 0.6 is 0 Å². The van der Waals surface area contributed by atoms with Crippen molar-refractivity contribution in [2.75, 3.05) is 6.61 Å². The highest BCUT2D eigenvalue weighted by molar-refractivity contribution is 7.91. The monoisotopic (exact) mass is 720 g/mol. The Hall–Kier alpha value is -4.71. The molecule has 6 rings (SSSR count). The van der Waals surface area contributed by atoms with Gasteiger partial charge in [0.15, 0.2) is 6.04 Å². The molecular formula is C36H44N6O8S. The van der Waals surface area contributed by atoms with Gasteiger partial charge < -0.3 is 25.0 Å². The van der Waals surface area contributed by atoms with Gasteiger partial charge in [-0.2, -0.15) is 5.26 Å². The largest absolute Gasteiger partial charge is 0.470 e. The van der Waals surface area contributed by atoms with Gasteiger partial charge in [-0.15, -0.1) is 6.58 Å². The van der Waals surface area contributed by atoms with E-state index in [1.54, 1.807) is 27.0 Å². The molecule has 2 aromatic rings. The number of hydrogen-bond donors (Lipinski definition) is 3. The second kappa shape index (κ2) is 13.8. The third kappa shape index (κ3) is 7.37. The number of carbonyl (C=O) groups is 4. The third-order valence-corrected chi connectivity index (χ3v) is 12.0. The molecule has 1 saturated heterocycles. The minimum absolute atomic E-state index is 0.0941. The topological polar surface area (TPSA) is 197 Å². The number of cyclic esters (lactones) is 1. The smallest absolute Gasteiger partial charge is 0.407 e. The number of alkyl carbamates (subject to hydrolysis) is 1. The molecule has 1 aromatic carbocycles. The first-order valence-corrected chi connectivity index (χ1v) is 18.9. The molecule has 0 radical (unpaired) electrons. The molecule has 3 heterocycles. The summed E-state index contributed by atoms with van der Waals surface area (Å²) in [6.07, 6.45) is 5.03. The molecule has 4 amide bonds. The Morgan fingerprint density at radius 3 is 2.61 bits per heavy atom. The Labute approximate surface area is 297 Å². The number of pyridine rings is 1. The van der Waals surface area contributed by atoms with Crippen molar-refractivity contribution in [2.24, 2.45) is 11.3 Å². The minimum Gasteiger partial charge on any atom is -0.470 e. The number of amides is 4. The van der Waals surface area contributed by atoms with Gasteiger partial charge in [0, 0.05) is 23.9 Å². The van der Waals surface area contributed by atoms with Crippen LogP contribution in [0.2, 0.25) is 0 Å². The summed E-state index contributed by atoms with van der Waals surface area (Å²) in [7, 11) is -3.93. The lowest BCUT2D eigenvalue weighted by atomic mass is 9.85. The number of carbonyl (C=O) groups excluding carboxylic acids is 4. The Balaban J connectivity index is 1.38. The van der Waals surface area contributed by atoms with Crippen LogP contribution in [0.5, 0.6) is 5.88 Å². The van der Waals surface area contributed by atoms with Crippen LogP contribution in [0.15, 0.2) is 43.1 Å². The van der Waals surface area contributed by atoms with E-state index in [0.717, 1.165) is 35.1 Å². The maximum absolute atomic E-state index is 14.6. The molecule has 51 heavy (non-hydrogen) atoms. The van der Waals surface area contributed by atoms with Crippen LogP contribution in [-0.2, 0) is 35.6 Å². The Morgan fingerprint density at radius 2 is 1.94 bits per heavy atom. The lowest BCUT2D eigenvalue weighted by molar-refractivity contribution is -0.144. The fourth-order valence-electron chi connectivity index (χ4n) is 6.95. The van der Waals surface area contributed by atoms with Crippen LogP contribution in [0, 0.1) is 22.7 Å². The number of ether oxygens (including phenoxy) is 2. The van der Waals surface area contributed by atoms with Gasteiger partial charge in [-0.1, -0.05) is 39.0 Å². The van der Waals surface area contributed by atoms with Gasteiger partial charge in [0.05, 0.1) is 17.9 Å². The zero-order chi connectivity index (χ0) is 36.7. The molecule has 2 saturated carbocycles. The first-order valence-electron chi connectivity index (χ1n) is 17.4. The fraction of sp³-hybridized carbons (Fsp3) is 0.556. The second-order valence-electron chi connectivity index (χ2n) is 15.0. The molecule has 1 unspecified atom stereocenters. The maximum Gasteiger partial charge on any atom is 0.407 e. The van der Waals surface area contributed by atoms with Crippen LogP contribution in [0.3, 0.4) is 0 Å². The number of sulfonamides is 1. The highest BCUT2D eigenvalue weighted by Crippen LogP contribution is 2.46. The van der Waals surface area contributed by atoms with Crippen molar-refractivity contribution in [1.29, 1.82) is 5.26 Å². The number of rotatable bonds is 6. The predicted molar refractivity (Wildman–Crippen MR) is 185 cm³/mol. The molecule has 4 aliphatic rings. The van der Waals surface area contributed by atoms with Gasteiger partial charge >= 0.3 is 6.09 Å². The van der Waals surface area contributed by atoms with E-state index in [1.807, 2.05) is 24.3 Å². The Kier molecular flexibility index (Phi) is 9.75. The first kappa shape index (κ1) is 36.1. The van der Waals surface area contributed by atoms with E-state index in [0.29, 0.717) is 24.6 Å². The zero-order valence-electron chi connectivity index (χ0n) is 29.0. The van der Waals surface area contributed by atoms with Gasteiger partial charge in [0.2, 0.25) is 27.7 Å². The molecule has 272 valence electrons. The van der Waals surface area contributed by atoms with Crippen LogP contribution < -0.4 is 20.1 Å². The summed E-state index contributed by atoms with van der Waals surface area (Å²) in [5, 5.41) is 16.9. The molecule has 2 aliphatic heterocycles. The van der Waals surface area contributed by atoms with E-state index >= 15 is 0 Å². The summed E-state index contributed by atoms with van der Waals surface area (Å²) in [5.74, 6) is -2.74. The highest BCUT2D eigenvalue weighted by atomic mass is 32.2. The van der Waals surface area contributed by atoms with Crippen molar-refractivity contribution in [1.82, 2.24) is 25.2 Å². The molecule has 2 aliphatic carbocycles. The average molecular weight is 721 g/mol. The molecule has 15 heteroatoms. The number of nitrogens with one attached hydrogen (secondary N) is 3. The van der Waals surface area contributed by atoms with E-state index in [9.17, 15) is 32.9 Å². The van der Waals surface area contributed by atoms with E-state index in [2.05, 4.69) is 33.0 Å². The van der Waals surface area contributed by atoms with E-state index < -0.39 is 80.2 Å². The van der Waals surface area contributed by atoms with Crippen molar-refractivity contribution in [3.63, 3.8) is 0 Å². The number of aromatic nitrogens is 1. The maximum atomic E-state index is 14.6. The van der Waals surface area contributed by atoms with E-state index in [4.69, 9.17) is 9.47 Å². The van der Waals surface area contributed by atoms with E-state index in [1.165, 1.54) is 6.08 Å². The number of fused-ring (bicyclic) bond motifs is 3.